The summed E-state index contributed by atoms with van der Waals surface area (Å²) < 4.78 is 11.1. The van der Waals surface area contributed by atoms with E-state index in [1.54, 1.807) is 6.07 Å². The Hall–Kier alpha value is -3.05. The lowest BCUT2D eigenvalue weighted by atomic mass is 9.75. The molecule has 1 aliphatic carbocycles. The van der Waals surface area contributed by atoms with Crippen molar-refractivity contribution in [3.8, 4) is 5.95 Å². The molecule has 4 rings (SSSR count). The van der Waals surface area contributed by atoms with Crippen LogP contribution < -0.4 is 10.1 Å². The van der Waals surface area contributed by atoms with E-state index in [1.807, 2.05) is 36.4 Å². The number of benzene rings is 2. The van der Waals surface area contributed by atoms with Crippen molar-refractivity contribution in [1.29, 1.82) is 0 Å². The van der Waals surface area contributed by atoms with Crippen LogP contribution in [-0.4, -0.2) is 36.7 Å². The van der Waals surface area contributed by atoms with E-state index in [4.69, 9.17) is 9.15 Å². The molecule has 1 fully saturated rings. The van der Waals surface area contributed by atoms with E-state index in [1.165, 1.54) is 5.56 Å². The molecule has 2 aromatic carbocycles. The van der Waals surface area contributed by atoms with Gasteiger partial charge in [-0.2, -0.15) is 0 Å². The van der Waals surface area contributed by atoms with Crippen LogP contribution in [0, 0.1) is 0 Å². The summed E-state index contributed by atoms with van der Waals surface area (Å²) in [6.45, 7) is 0. The van der Waals surface area contributed by atoms with Crippen LogP contribution in [-0.2, 0) is 12.8 Å². The van der Waals surface area contributed by atoms with Gasteiger partial charge in [-0.1, -0.05) is 60.7 Å². The van der Waals surface area contributed by atoms with Gasteiger partial charge in [0.25, 0.3) is 5.95 Å². The van der Waals surface area contributed by atoms with Crippen LogP contribution in [0.2, 0.25) is 0 Å². The number of nitrogens with one attached hydrogen (secondary N) is 1. The van der Waals surface area contributed by atoms with Crippen molar-refractivity contribution in [3.63, 3.8) is 0 Å². The maximum absolute atomic E-state index is 12.4. The van der Waals surface area contributed by atoms with Gasteiger partial charge in [-0.25, -0.2) is 4.79 Å². The largest absolute Gasteiger partial charge is 0.430 e. The highest BCUT2D eigenvalue weighted by atomic mass is 16.6. The highest BCUT2D eigenvalue weighted by molar-refractivity contribution is 5.70. The number of hydrogen-bond acceptors (Lipinski definition) is 4. The zero-order chi connectivity index (χ0) is 22.4. The van der Waals surface area contributed by atoms with Gasteiger partial charge in [0.05, 0.1) is 0 Å². The van der Waals surface area contributed by atoms with Gasteiger partial charge in [-0.3, -0.25) is 0 Å². The number of furan rings is 1. The molecule has 0 aliphatic heterocycles. The lowest BCUT2D eigenvalue weighted by Crippen LogP contribution is -2.52. The Bertz CT molecular complexity index is 990. The minimum atomic E-state index is -0.448. The monoisotopic (exact) mass is 432 g/mol. The van der Waals surface area contributed by atoms with E-state index < -0.39 is 6.09 Å². The molecule has 0 radical (unpaired) electrons. The third kappa shape index (κ3) is 5.60. The van der Waals surface area contributed by atoms with Gasteiger partial charge in [-0.15, -0.1) is 0 Å². The zero-order valence-electron chi connectivity index (χ0n) is 18.9. The number of carbonyl (C=O) groups is 1. The topological polar surface area (TPSA) is 54.7 Å². The third-order valence-corrected chi connectivity index (χ3v) is 6.61. The highest BCUT2D eigenvalue weighted by Gasteiger charge is 2.37. The standard InChI is InChI=1S/C27H32N2O3/c1-29(2)27(20-22-11-7-4-8-12-22)17-15-23(16-18-27)28-26(30)32-25-14-13-24(31-25)19-21-9-5-3-6-10-21/h3-14,23H,15-20H2,1-2H3,(H,28,30). The quantitative estimate of drug-likeness (QED) is 0.540. The second-order valence-electron chi connectivity index (χ2n) is 8.97. The van der Waals surface area contributed by atoms with Crippen LogP contribution in [0.1, 0.15) is 42.6 Å². The molecule has 3 aromatic rings. The molecule has 32 heavy (non-hydrogen) atoms. The number of carbonyl (C=O) groups excluding carboxylic acids is 1. The van der Waals surface area contributed by atoms with Gasteiger partial charge in [0.2, 0.25) is 0 Å². The summed E-state index contributed by atoms with van der Waals surface area (Å²) in [5.74, 6) is 1.00. The molecule has 1 saturated carbocycles. The molecule has 0 saturated heterocycles. The Labute approximate surface area is 190 Å². The third-order valence-electron chi connectivity index (χ3n) is 6.61. The van der Waals surface area contributed by atoms with Crippen molar-refractivity contribution in [2.75, 3.05) is 14.1 Å². The number of likely N-dealkylation sites (N-methyl/N-ethyl adjacent to an activating group) is 1. The average Bonchev–Trinajstić information content (AvgIpc) is 3.23. The van der Waals surface area contributed by atoms with E-state index >= 15 is 0 Å². The van der Waals surface area contributed by atoms with Crippen molar-refractivity contribution in [3.05, 3.63) is 89.7 Å². The zero-order valence-corrected chi connectivity index (χ0v) is 18.9. The molecule has 5 heteroatoms. The van der Waals surface area contributed by atoms with Crippen molar-refractivity contribution in [2.24, 2.45) is 0 Å². The van der Waals surface area contributed by atoms with Crippen LogP contribution in [0.4, 0.5) is 4.79 Å². The molecule has 1 aromatic heterocycles. The van der Waals surface area contributed by atoms with E-state index in [0.29, 0.717) is 6.42 Å². The van der Waals surface area contributed by atoms with Crippen LogP contribution >= 0.6 is 0 Å². The first-order valence-corrected chi connectivity index (χ1v) is 11.3. The van der Waals surface area contributed by atoms with Gasteiger partial charge < -0.3 is 19.4 Å². The van der Waals surface area contributed by atoms with Gasteiger partial charge in [0, 0.05) is 24.1 Å². The smallest absolute Gasteiger partial charge is 0.415 e. The number of nitrogens with zero attached hydrogens (tertiary/aromatic N) is 1. The number of hydrogen-bond donors (Lipinski definition) is 1. The SMILES string of the molecule is CN(C)C1(Cc2ccccc2)CCC(NC(=O)Oc2ccc(Cc3ccccc3)o2)CC1. The summed E-state index contributed by atoms with van der Waals surface area (Å²) >= 11 is 0. The molecule has 0 atom stereocenters. The predicted octanol–water partition coefficient (Wildman–Crippen LogP) is 5.44. The normalized spacial score (nSPS) is 20.8. The van der Waals surface area contributed by atoms with E-state index in [-0.39, 0.29) is 17.5 Å². The number of ether oxygens (including phenoxy) is 1. The van der Waals surface area contributed by atoms with Crippen LogP contribution in [0.3, 0.4) is 0 Å². The maximum Gasteiger partial charge on any atom is 0.415 e. The van der Waals surface area contributed by atoms with Gasteiger partial charge in [0.15, 0.2) is 0 Å². The molecule has 5 nitrogen and oxygen atoms in total. The maximum atomic E-state index is 12.4. The summed E-state index contributed by atoms with van der Waals surface area (Å²) in [4.78, 5) is 14.8. The summed E-state index contributed by atoms with van der Waals surface area (Å²) in [5, 5.41) is 3.03. The first-order chi connectivity index (χ1) is 15.5. The minimum Gasteiger partial charge on any atom is -0.430 e. The second kappa shape index (κ2) is 10.0. The molecule has 1 N–H and O–H groups in total. The fourth-order valence-electron chi connectivity index (χ4n) is 4.65. The molecule has 0 bridgehead atoms. The summed E-state index contributed by atoms with van der Waals surface area (Å²) in [6, 6.07) is 24.4. The van der Waals surface area contributed by atoms with Crippen molar-refractivity contribution < 1.29 is 13.9 Å². The first kappa shape index (κ1) is 22.2. The Balaban J connectivity index is 1.28. The fraction of sp³-hybridized carbons (Fsp3) is 0.370. The Morgan fingerprint density at radius 1 is 0.969 bits per heavy atom. The number of rotatable bonds is 7. The predicted molar refractivity (Wildman–Crippen MR) is 126 cm³/mol. The van der Waals surface area contributed by atoms with E-state index in [9.17, 15) is 4.79 Å². The summed E-state index contributed by atoms with van der Waals surface area (Å²) in [7, 11) is 4.32. The van der Waals surface area contributed by atoms with Crippen molar-refractivity contribution in [1.82, 2.24) is 10.2 Å². The molecule has 168 valence electrons. The Morgan fingerprint density at radius 3 is 2.22 bits per heavy atom. The average molecular weight is 433 g/mol. The van der Waals surface area contributed by atoms with Crippen LogP contribution in [0.5, 0.6) is 5.95 Å². The highest BCUT2D eigenvalue weighted by Crippen LogP contribution is 2.35. The molecule has 0 unspecified atom stereocenters. The molecular weight excluding hydrogens is 400 g/mol. The lowest BCUT2D eigenvalue weighted by molar-refractivity contribution is 0.0863. The molecule has 1 aliphatic rings. The fourth-order valence-corrected chi connectivity index (χ4v) is 4.65. The van der Waals surface area contributed by atoms with Gasteiger partial charge in [0.1, 0.15) is 5.76 Å². The van der Waals surface area contributed by atoms with Crippen LogP contribution in [0.15, 0.2) is 77.2 Å². The van der Waals surface area contributed by atoms with Crippen LogP contribution in [0.25, 0.3) is 0 Å². The van der Waals surface area contributed by atoms with Gasteiger partial charge in [-0.05, 0) is 63.4 Å². The number of amides is 1. The molecule has 1 amide bonds. The summed E-state index contributed by atoms with van der Waals surface area (Å²) in [6.07, 6.45) is 5.16. The Kier molecular flexibility index (Phi) is 6.96. The first-order valence-electron chi connectivity index (χ1n) is 11.3. The van der Waals surface area contributed by atoms with Gasteiger partial charge >= 0.3 is 6.09 Å². The molecule has 1 heterocycles. The molecular formula is C27H32N2O3. The Morgan fingerprint density at radius 2 is 1.59 bits per heavy atom. The van der Waals surface area contributed by atoms with E-state index in [2.05, 4.69) is 54.6 Å². The van der Waals surface area contributed by atoms with Crippen molar-refractivity contribution in [2.45, 2.75) is 50.1 Å². The lowest BCUT2D eigenvalue weighted by Gasteiger charge is -2.45. The molecule has 0 spiro atoms. The second-order valence-corrected chi connectivity index (χ2v) is 8.97. The minimum absolute atomic E-state index is 0.116. The van der Waals surface area contributed by atoms with Crippen molar-refractivity contribution >= 4 is 6.09 Å². The summed E-state index contributed by atoms with van der Waals surface area (Å²) in [5.41, 5.74) is 2.63. The van der Waals surface area contributed by atoms with E-state index in [0.717, 1.165) is 43.4 Å².